The zero-order valence-corrected chi connectivity index (χ0v) is 18.4. The molecule has 0 bridgehead atoms. The SMILES string of the molecule is CCc1ccc(NC(=O)CN(c2ccc(C)cc2)S(=O)(=O)c2c(C)n[nH]c2C)cc1. The van der Waals surface area contributed by atoms with E-state index in [0.29, 0.717) is 22.8 Å². The summed E-state index contributed by atoms with van der Waals surface area (Å²) in [6.07, 6.45) is 0.900. The van der Waals surface area contributed by atoms with E-state index >= 15 is 0 Å². The molecule has 8 heteroatoms. The predicted molar refractivity (Wildman–Crippen MR) is 118 cm³/mol. The van der Waals surface area contributed by atoms with Crippen LogP contribution in [0.4, 0.5) is 11.4 Å². The normalized spacial score (nSPS) is 11.3. The molecule has 0 saturated heterocycles. The first-order valence-electron chi connectivity index (χ1n) is 9.72. The molecular weight excluding hydrogens is 400 g/mol. The lowest BCUT2D eigenvalue weighted by molar-refractivity contribution is -0.114. The topological polar surface area (TPSA) is 95.2 Å². The Balaban J connectivity index is 1.93. The zero-order valence-electron chi connectivity index (χ0n) is 17.6. The third-order valence-corrected chi connectivity index (χ3v) is 6.90. The molecule has 0 aliphatic rings. The van der Waals surface area contributed by atoms with Crippen LogP contribution in [0.3, 0.4) is 0 Å². The second kappa shape index (κ2) is 8.71. The Labute approximate surface area is 177 Å². The maximum absolute atomic E-state index is 13.5. The van der Waals surface area contributed by atoms with Gasteiger partial charge in [-0.25, -0.2) is 8.42 Å². The van der Waals surface area contributed by atoms with Gasteiger partial charge < -0.3 is 5.32 Å². The number of hydrogen-bond donors (Lipinski definition) is 2. The molecule has 2 N–H and O–H groups in total. The van der Waals surface area contributed by atoms with Crippen molar-refractivity contribution in [3.8, 4) is 0 Å². The Kier molecular flexibility index (Phi) is 6.26. The van der Waals surface area contributed by atoms with E-state index in [9.17, 15) is 13.2 Å². The first kappa shape index (κ1) is 21.6. The number of H-pyrrole nitrogens is 1. The Bertz CT molecular complexity index is 1110. The van der Waals surface area contributed by atoms with Gasteiger partial charge in [0, 0.05) is 5.69 Å². The summed E-state index contributed by atoms with van der Waals surface area (Å²) < 4.78 is 28.1. The van der Waals surface area contributed by atoms with E-state index in [1.54, 1.807) is 26.0 Å². The number of nitrogens with zero attached hydrogens (tertiary/aromatic N) is 2. The summed E-state index contributed by atoms with van der Waals surface area (Å²) in [6, 6.07) is 14.5. The number of nitrogens with one attached hydrogen (secondary N) is 2. The molecule has 0 aliphatic carbocycles. The van der Waals surface area contributed by atoms with Gasteiger partial charge in [-0.1, -0.05) is 36.8 Å². The molecule has 3 rings (SSSR count). The van der Waals surface area contributed by atoms with Crippen molar-refractivity contribution in [2.75, 3.05) is 16.2 Å². The molecule has 1 aromatic heterocycles. The molecule has 0 aliphatic heterocycles. The van der Waals surface area contributed by atoms with Crippen molar-refractivity contribution in [1.82, 2.24) is 10.2 Å². The van der Waals surface area contributed by atoms with Crippen LogP contribution in [0.1, 0.15) is 29.4 Å². The van der Waals surface area contributed by atoms with Gasteiger partial charge in [-0.15, -0.1) is 0 Å². The molecule has 0 fully saturated rings. The highest BCUT2D eigenvalue weighted by molar-refractivity contribution is 7.93. The van der Waals surface area contributed by atoms with Gasteiger partial charge in [0.25, 0.3) is 10.0 Å². The minimum absolute atomic E-state index is 0.0863. The number of hydrogen-bond acceptors (Lipinski definition) is 4. The number of sulfonamides is 1. The summed E-state index contributed by atoms with van der Waals surface area (Å²) >= 11 is 0. The van der Waals surface area contributed by atoms with E-state index in [1.807, 2.05) is 43.3 Å². The van der Waals surface area contributed by atoms with Gasteiger partial charge in [-0.05, 0) is 57.0 Å². The molecule has 0 unspecified atom stereocenters. The van der Waals surface area contributed by atoms with E-state index in [-0.39, 0.29) is 11.4 Å². The Hall–Kier alpha value is -3.13. The molecule has 7 nitrogen and oxygen atoms in total. The zero-order chi connectivity index (χ0) is 21.9. The minimum atomic E-state index is -4.00. The third-order valence-electron chi connectivity index (χ3n) is 4.86. The van der Waals surface area contributed by atoms with Gasteiger partial charge in [-0.3, -0.25) is 14.2 Å². The van der Waals surface area contributed by atoms with Crippen molar-refractivity contribution in [3.63, 3.8) is 0 Å². The number of benzene rings is 2. The number of aromatic amines is 1. The molecule has 1 heterocycles. The van der Waals surface area contributed by atoms with E-state index in [4.69, 9.17) is 0 Å². The highest BCUT2D eigenvalue weighted by Gasteiger charge is 2.31. The number of carbonyl (C=O) groups is 1. The van der Waals surface area contributed by atoms with Crippen LogP contribution < -0.4 is 9.62 Å². The monoisotopic (exact) mass is 426 g/mol. The van der Waals surface area contributed by atoms with Crippen molar-refractivity contribution in [1.29, 1.82) is 0 Å². The van der Waals surface area contributed by atoms with Gasteiger partial charge in [-0.2, -0.15) is 5.10 Å². The van der Waals surface area contributed by atoms with Crippen molar-refractivity contribution >= 4 is 27.3 Å². The van der Waals surface area contributed by atoms with Crippen molar-refractivity contribution in [2.24, 2.45) is 0 Å². The van der Waals surface area contributed by atoms with Crippen LogP contribution in [0.5, 0.6) is 0 Å². The highest BCUT2D eigenvalue weighted by Crippen LogP contribution is 2.27. The maximum Gasteiger partial charge on any atom is 0.268 e. The van der Waals surface area contributed by atoms with Gasteiger partial charge in [0.05, 0.1) is 17.1 Å². The van der Waals surface area contributed by atoms with E-state index in [2.05, 4.69) is 22.4 Å². The molecule has 0 atom stereocenters. The number of aryl methyl sites for hydroxylation is 4. The molecule has 1 amide bonds. The first-order valence-corrected chi connectivity index (χ1v) is 11.2. The van der Waals surface area contributed by atoms with Crippen LogP contribution in [-0.4, -0.2) is 31.1 Å². The molecule has 0 spiro atoms. The highest BCUT2D eigenvalue weighted by atomic mass is 32.2. The fourth-order valence-electron chi connectivity index (χ4n) is 3.21. The van der Waals surface area contributed by atoms with Crippen LogP contribution >= 0.6 is 0 Å². The van der Waals surface area contributed by atoms with Gasteiger partial charge >= 0.3 is 0 Å². The fourth-order valence-corrected chi connectivity index (χ4v) is 4.97. The number of amides is 1. The molecule has 30 heavy (non-hydrogen) atoms. The predicted octanol–water partition coefficient (Wildman–Crippen LogP) is 3.73. The summed E-state index contributed by atoms with van der Waals surface area (Å²) in [5.41, 5.74) is 3.97. The lowest BCUT2D eigenvalue weighted by Crippen LogP contribution is -2.38. The lowest BCUT2D eigenvalue weighted by Gasteiger charge is -2.24. The van der Waals surface area contributed by atoms with Gasteiger partial charge in [0.15, 0.2) is 0 Å². The molecule has 0 saturated carbocycles. The summed E-state index contributed by atoms with van der Waals surface area (Å²) in [6.45, 7) is 6.89. The first-order chi connectivity index (χ1) is 14.2. The average Bonchev–Trinajstić information content (AvgIpc) is 3.06. The largest absolute Gasteiger partial charge is 0.325 e. The number of rotatable bonds is 7. The lowest BCUT2D eigenvalue weighted by atomic mass is 10.1. The van der Waals surface area contributed by atoms with E-state index in [1.165, 1.54) is 0 Å². The average molecular weight is 427 g/mol. The second-order valence-corrected chi connectivity index (χ2v) is 9.01. The van der Waals surface area contributed by atoms with Crippen LogP contribution in [-0.2, 0) is 21.2 Å². The van der Waals surface area contributed by atoms with E-state index < -0.39 is 15.9 Å². The Morgan fingerprint density at radius 2 is 1.67 bits per heavy atom. The Morgan fingerprint density at radius 3 is 2.20 bits per heavy atom. The summed E-state index contributed by atoms with van der Waals surface area (Å²) in [5.74, 6) is -0.429. The summed E-state index contributed by atoms with van der Waals surface area (Å²) in [7, 11) is -4.00. The van der Waals surface area contributed by atoms with Crippen molar-refractivity contribution in [3.05, 3.63) is 71.0 Å². The quantitative estimate of drug-likeness (QED) is 0.602. The smallest absolute Gasteiger partial charge is 0.268 e. The van der Waals surface area contributed by atoms with Crippen LogP contribution in [0.15, 0.2) is 53.4 Å². The standard InChI is InChI=1S/C22H26N4O3S/c1-5-18-8-10-19(11-9-18)23-21(27)14-26(20-12-6-15(2)7-13-20)30(28,29)22-16(3)24-25-17(22)4/h6-13H,5,14H2,1-4H3,(H,23,27)(H,24,25). The van der Waals surface area contributed by atoms with Gasteiger partial charge in [0.2, 0.25) is 5.91 Å². The second-order valence-electron chi connectivity index (χ2n) is 7.21. The maximum atomic E-state index is 13.5. The van der Waals surface area contributed by atoms with Crippen molar-refractivity contribution < 1.29 is 13.2 Å². The summed E-state index contributed by atoms with van der Waals surface area (Å²) in [4.78, 5) is 12.8. The Morgan fingerprint density at radius 1 is 1.03 bits per heavy atom. The van der Waals surface area contributed by atoms with Crippen LogP contribution in [0, 0.1) is 20.8 Å². The minimum Gasteiger partial charge on any atom is -0.325 e. The fraction of sp³-hybridized carbons (Fsp3) is 0.273. The van der Waals surface area contributed by atoms with Crippen LogP contribution in [0.2, 0.25) is 0 Å². The number of anilines is 2. The van der Waals surface area contributed by atoms with Crippen molar-refractivity contribution in [2.45, 2.75) is 39.0 Å². The molecule has 0 radical (unpaired) electrons. The molecular formula is C22H26N4O3S. The third kappa shape index (κ3) is 4.54. The summed E-state index contributed by atoms with van der Waals surface area (Å²) in [5, 5.41) is 9.49. The molecule has 2 aromatic carbocycles. The van der Waals surface area contributed by atoms with E-state index in [0.717, 1.165) is 21.9 Å². The van der Waals surface area contributed by atoms with Crippen LogP contribution in [0.25, 0.3) is 0 Å². The van der Waals surface area contributed by atoms with Gasteiger partial charge in [0.1, 0.15) is 11.4 Å². The molecule has 3 aromatic rings. The number of carbonyl (C=O) groups excluding carboxylic acids is 1. The number of aromatic nitrogens is 2. The molecule has 158 valence electrons.